The van der Waals surface area contributed by atoms with Gasteiger partial charge in [0.15, 0.2) is 23.9 Å². The summed E-state index contributed by atoms with van der Waals surface area (Å²) >= 11 is 15.3. The highest BCUT2D eigenvalue weighted by atomic mass is 79.9. The van der Waals surface area contributed by atoms with Crippen molar-refractivity contribution in [3.05, 3.63) is 44.5 Å². The van der Waals surface area contributed by atoms with E-state index in [2.05, 4.69) is 31.4 Å². The highest BCUT2D eigenvalue weighted by molar-refractivity contribution is 9.10. The van der Waals surface area contributed by atoms with E-state index in [1.54, 1.807) is 38.5 Å². The fraction of sp³-hybridized carbons (Fsp3) is 0.235. The Kier molecular flexibility index (Phi) is 7.70. The number of carbonyl (C=O) groups excluding carboxylic acids is 1. The summed E-state index contributed by atoms with van der Waals surface area (Å²) in [6.07, 6.45) is 3.03. The largest absolute Gasteiger partial charge is 0.493 e. The SMILES string of the molecule is COc1cc(/C=N\Nc2ncc(Cl)cc2Cl)cc(Br)c1OCC(=O)N(C)C. The number of halogens is 3. The van der Waals surface area contributed by atoms with E-state index in [0.717, 1.165) is 5.56 Å². The summed E-state index contributed by atoms with van der Waals surface area (Å²) in [7, 11) is 4.83. The number of anilines is 1. The summed E-state index contributed by atoms with van der Waals surface area (Å²) in [4.78, 5) is 17.2. The van der Waals surface area contributed by atoms with Crippen molar-refractivity contribution in [2.24, 2.45) is 5.10 Å². The lowest BCUT2D eigenvalue weighted by atomic mass is 10.2. The first-order valence-corrected chi connectivity index (χ1v) is 9.17. The minimum atomic E-state index is -0.161. The Morgan fingerprint density at radius 3 is 2.74 bits per heavy atom. The van der Waals surface area contributed by atoms with Gasteiger partial charge in [0, 0.05) is 20.3 Å². The second kappa shape index (κ2) is 9.77. The van der Waals surface area contributed by atoms with Crippen molar-refractivity contribution in [3.8, 4) is 11.5 Å². The van der Waals surface area contributed by atoms with Crippen molar-refractivity contribution in [2.75, 3.05) is 33.2 Å². The molecule has 0 aliphatic rings. The van der Waals surface area contributed by atoms with Crippen LogP contribution in [0.2, 0.25) is 10.0 Å². The van der Waals surface area contributed by atoms with Crippen LogP contribution in [0.1, 0.15) is 5.56 Å². The number of nitrogens with zero attached hydrogens (tertiary/aromatic N) is 3. The molecule has 0 unspecified atom stereocenters. The molecule has 7 nitrogen and oxygen atoms in total. The van der Waals surface area contributed by atoms with E-state index in [1.807, 2.05) is 0 Å². The molecule has 0 aliphatic carbocycles. The summed E-state index contributed by atoms with van der Waals surface area (Å²) in [5.74, 6) is 1.11. The van der Waals surface area contributed by atoms with Gasteiger partial charge >= 0.3 is 0 Å². The quantitative estimate of drug-likeness (QED) is 0.482. The molecule has 0 aliphatic heterocycles. The molecule has 0 radical (unpaired) electrons. The monoisotopic (exact) mass is 474 g/mol. The Labute approximate surface area is 175 Å². The van der Waals surface area contributed by atoms with Crippen molar-refractivity contribution in [1.82, 2.24) is 9.88 Å². The highest BCUT2D eigenvalue weighted by Crippen LogP contribution is 2.36. The lowest BCUT2D eigenvalue weighted by Crippen LogP contribution is -2.27. The van der Waals surface area contributed by atoms with Gasteiger partial charge in [0.2, 0.25) is 0 Å². The third-order valence-electron chi connectivity index (χ3n) is 3.28. The number of amides is 1. The molecular weight excluding hydrogens is 459 g/mol. The number of hydrogen-bond donors (Lipinski definition) is 1. The number of aromatic nitrogens is 1. The molecule has 0 spiro atoms. The standard InChI is InChI=1S/C17H17BrCl2N4O3/c1-24(2)15(25)9-27-16-12(18)4-10(5-14(16)26-3)7-22-23-17-13(20)6-11(19)8-21-17/h4-8H,9H2,1-3H3,(H,21,23)/b22-7-. The van der Waals surface area contributed by atoms with Crippen LogP contribution in [-0.4, -0.2) is 49.8 Å². The zero-order valence-corrected chi connectivity index (χ0v) is 17.9. The van der Waals surface area contributed by atoms with Gasteiger partial charge in [0.25, 0.3) is 5.91 Å². The number of hydrogen-bond acceptors (Lipinski definition) is 6. The van der Waals surface area contributed by atoms with Gasteiger partial charge < -0.3 is 14.4 Å². The molecule has 0 atom stereocenters. The van der Waals surface area contributed by atoms with Crippen LogP contribution in [0.15, 0.2) is 34.0 Å². The maximum Gasteiger partial charge on any atom is 0.259 e. The smallest absolute Gasteiger partial charge is 0.259 e. The molecule has 1 amide bonds. The molecule has 144 valence electrons. The van der Waals surface area contributed by atoms with Crippen LogP contribution in [0.25, 0.3) is 0 Å². The Bertz CT molecular complexity index is 862. The Balaban J connectivity index is 2.13. The molecule has 2 aromatic rings. The molecule has 0 bridgehead atoms. The van der Waals surface area contributed by atoms with E-state index in [9.17, 15) is 4.79 Å². The van der Waals surface area contributed by atoms with Gasteiger partial charge in [0.05, 0.1) is 27.8 Å². The van der Waals surface area contributed by atoms with E-state index in [4.69, 9.17) is 32.7 Å². The minimum Gasteiger partial charge on any atom is -0.493 e. The zero-order chi connectivity index (χ0) is 20.0. The molecule has 2 rings (SSSR count). The lowest BCUT2D eigenvalue weighted by Gasteiger charge is -2.15. The van der Waals surface area contributed by atoms with Crippen molar-refractivity contribution >= 4 is 57.1 Å². The van der Waals surface area contributed by atoms with Crippen LogP contribution in [-0.2, 0) is 4.79 Å². The van der Waals surface area contributed by atoms with Gasteiger partial charge in [-0.1, -0.05) is 23.2 Å². The van der Waals surface area contributed by atoms with Crippen LogP contribution in [0.4, 0.5) is 5.82 Å². The van der Waals surface area contributed by atoms with E-state index in [1.165, 1.54) is 18.2 Å². The van der Waals surface area contributed by atoms with Crippen molar-refractivity contribution in [3.63, 3.8) is 0 Å². The lowest BCUT2D eigenvalue weighted by molar-refractivity contribution is -0.130. The van der Waals surface area contributed by atoms with Crippen LogP contribution >= 0.6 is 39.1 Å². The van der Waals surface area contributed by atoms with Gasteiger partial charge in [-0.3, -0.25) is 10.2 Å². The number of rotatable bonds is 7. The molecule has 0 saturated heterocycles. The number of pyridine rings is 1. The third-order valence-corrected chi connectivity index (χ3v) is 4.37. The van der Waals surface area contributed by atoms with Gasteiger partial charge in [-0.25, -0.2) is 4.98 Å². The van der Waals surface area contributed by atoms with Gasteiger partial charge in [0.1, 0.15) is 0 Å². The second-order valence-electron chi connectivity index (χ2n) is 5.46. The number of ether oxygens (including phenoxy) is 2. The first-order chi connectivity index (χ1) is 12.8. The maximum absolute atomic E-state index is 11.7. The first kappa shape index (κ1) is 21.3. The third kappa shape index (κ3) is 5.98. The van der Waals surface area contributed by atoms with E-state index >= 15 is 0 Å². The fourth-order valence-corrected chi connectivity index (χ4v) is 2.88. The summed E-state index contributed by atoms with van der Waals surface area (Å²) < 4.78 is 11.5. The average molecular weight is 476 g/mol. The fourth-order valence-electron chi connectivity index (χ4n) is 1.88. The maximum atomic E-state index is 11.7. The van der Waals surface area contributed by atoms with Crippen molar-refractivity contribution < 1.29 is 14.3 Å². The Hall–Kier alpha value is -2.03. The van der Waals surface area contributed by atoms with Crippen LogP contribution < -0.4 is 14.9 Å². The van der Waals surface area contributed by atoms with Crippen molar-refractivity contribution in [2.45, 2.75) is 0 Å². The zero-order valence-electron chi connectivity index (χ0n) is 14.8. The number of methoxy groups -OCH3 is 1. The molecule has 0 fully saturated rings. The molecule has 1 aromatic heterocycles. The van der Waals surface area contributed by atoms with E-state index in [-0.39, 0.29) is 12.5 Å². The Morgan fingerprint density at radius 2 is 2.11 bits per heavy atom. The molecular formula is C17H17BrCl2N4O3. The summed E-state index contributed by atoms with van der Waals surface area (Å²) in [5.41, 5.74) is 3.47. The summed E-state index contributed by atoms with van der Waals surface area (Å²) in [6, 6.07) is 5.07. The van der Waals surface area contributed by atoms with Crippen LogP contribution in [0.5, 0.6) is 11.5 Å². The highest BCUT2D eigenvalue weighted by Gasteiger charge is 2.14. The molecule has 1 aromatic carbocycles. The van der Waals surface area contributed by atoms with E-state index in [0.29, 0.717) is 31.8 Å². The topological polar surface area (TPSA) is 76.0 Å². The molecule has 0 saturated carbocycles. The summed E-state index contributed by atoms with van der Waals surface area (Å²) in [6.45, 7) is -0.0995. The molecule has 1 heterocycles. The predicted molar refractivity (Wildman–Crippen MR) is 110 cm³/mol. The molecule has 10 heteroatoms. The van der Waals surface area contributed by atoms with Crippen LogP contribution in [0.3, 0.4) is 0 Å². The van der Waals surface area contributed by atoms with E-state index < -0.39 is 0 Å². The van der Waals surface area contributed by atoms with Crippen LogP contribution in [0, 0.1) is 0 Å². The minimum absolute atomic E-state index is 0.0995. The van der Waals surface area contributed by atoms with Gasteiger partial charge in [-0.05, 0) is 39.7 Å². The number of hydrazone groups is 1. The van der Waals surface area contributed by atoms with Crippen molar-refractivity contribution in [1.29, 1.82) is 0 Å². The number of nitrogens with one attached hydrogen (secondary N) is 1. The average Bonchev–Trinajstić information content (AvgIpc) is 2.61. The Morgan fingerprint density at radius 1 is 1.37 bits per heavy atom. The second-order valence-corrected chi connectivity index (χ2v) is 7.16. The molecule has 1 N–H and O–H groups in total. The molecule has 27 heavy (non-hydrogen) atoms. The first-order valence-electron chi connectivity index (χ1n) is 7.62. The van der Waals surface area contributed by atoms with Gasteiger partial charge in [-0.15, -0.1) is 0 Å². The number of carbonyl (C=O) groups is 1. The summed E-state index contributed by atoms with van der Waals surface area (Å²) in [5, 5.41) is 4.89. The normalized spacial score (nSPS) is 10.7. The van der Waals surface area contributed by atoms with Gasteiger partial charge in [-0.2, -0.15) is 5.10 Å². The number of likely N-dealkylation sites (N-methyl/N-ethyl adjacent to an activating group) is 1. The number of benzene rings is 1. The predicted octanol–water partition coefficient (Wildman–Crippen LogP) is 4.07.